The van der Waals surface area contributed by atoms with Crippen LogP contribution in [0.5, 0.6) is 5.75 Å². The number of rotatable bonds is 5. The molecular formula is C21H30N2O3. The molecule has 1 saturated heterocycles. The van der Waals surface area contributed by atoms with Gasteiger partial charge in [0.15, 0.2) is 0 Å². The van der Waals surface area contributed by atoms with Gasteiger partial charge in [0.25, 0.3) is 5.91 Å². The summed E-state index contributed by atoms with van der Waals surface area (Å²) in [5.74, 6) is 1.35. The summed E-state index contributed by atoms with van der Waals surface area (Å²) in [4.78, 5) is 18.0. The molecule has 26 heavy (non-hydrogen) atoms. The fourth-order valence-corrected chi connectivity index (χ4v) is 3.79. The molecule has 2 aromatic rings. The fraction of sp³-hybridized carbons (Fsp3) is 0.571. The molecule has 0 aliphatic carbocycles. The first kappa shape index (κ1) is 18.8. The van der Waals surface area contributed by atoms with Crippen LogP contribution in [0, 0.1) is 5.92 Å². The molecule has 1 aliphatic heterocycles. The summed E-state index contributed by atoms with van der Waals surface area (Å²) in [6.45, 7) is 9.20. The molecule has 1 amide bonds. The van der Waals surface area contributed by atoms with Crippen LogP contribution < -0.4 is 4.74 Å². The number of hydrogen-bond donors (Lipinski definition) is 2. The molecule has 5 heteroatoms. The number of carbonyl (C=O) groups is 1. The van der Waals surface area contributed by atoms with Gasteiger partial charge in [-0.1, -0.05) is 0 Å². The average Bonchev–Trinajstić information content (AvgIpc) is 2.96. The van der Waals surface area contributed by atoms with Crippen molar-refractivity contribution in [3.05, 3.63) is 30.0 Å². The van der Waals surface area contributed by atoms with Gasteiger partial charge in [-0.2, -0.15) is 0 Å². The van der Waals surface area contributed by atoms with Crippen molar-refractivity contribution in [3.8, 4) is 5.75 Å². The Labute approximate surface area is 155 Å². The van der Waals surface area contributed by atoms with Crippen LogP contribution >= 0.6 is 0 Å². The number of benzene rings is 1. The number of ether oxygens (including phenoxy) is 1. The van der Waals surface area contributed by atoms with E-state index in [-0.39, 0.29) is 12.0 Å². The van der Waals surface area contributed by atoms with Crippen LogP contribution in [0.15, 0.2) is 24.3 Å². The molecule has 0 saturated carbocycles. The molecule has 0 radical (unpaired) electrons. The lowest BCUT2D eigenvalue weighted by atomic mass is 9.86. The molecule has 1 fully saturated rings. The number of nitrogens with one attached hydrogen (secondary N) is 1. The van der Waals surface area contributed by atoms with Crippen molar-refractivity contribution < 1.29 is 14.6 Å². The first-order valence-corrected chi connectivity index (χ1v) is 9.52. The monoisotopic (exact) mass is 358 g/mol. The number of hydrogen-bond acceptors (Lipinski definition) is 3. The quantitative estimate of drug-likeness (QED) is 0.850. The van der Waals surface area contributed by atoms with Crippen LogP contribution in [0.4, 0.5) is 0 Å². The molecule has 1 aromatic heterocycles. The van der Waals surface area contributed by atoms with Crippen LogP contribution in [0.25, 0.3) is 10.9 Å². The lowest BCUT2D eigenvalue weighted by Crippen LogP contribution is -2.40. The molecule has 2 N–H and O–H groups in total. The van der Waals surface area contributed by atoms with Crippen molar-refractivity contribution in [1.29, 1.82) is 0 Å². The Kier molecular flexibility index (Phi) is 5.28. The number of H-pyrrole nitrogens is 1. The molecule has 2 heterocycles. The van der Waals surface area contributed by atoms with E-state index in [0.29, 0.717) is 11.6 Å². The largest absolute Gasteiger partial charge is 0.491 e. The minimum Gasteiger partial charge on any atom is -0.491 e. The molecule has 1 aliphatic rings. The van der Waals surface area contributed by atoms with E-state index in [1.807, 2.05) is 56.9 Å². The maximum atomic E-state index is 12.8. The Morgan fingerprint density at radius 1 is 1.31 bits per heavy atom. The van der Waals surface area contributed by atoms with Crippen molar-refractivity contribution in [3.63, 3.8) is 0 Å². The summed E-state index contributed by atoms with van der Waals surface area (Å²) in [5, 5.41) is 11.0. The molecule has 1 aromatic carbocycles. The second kappa shape index (κ2) is 7.31. The third kappa shape index (κ3) is 4.58. The summed E-state index contributed by atoms with van der Waals surface area (Å²) in [5.41, 5.74) is 0.938. The molecular weight excluding hydrogens is 328 g/mol. The molecule has 0 bridgehead atoms. The van der Waals surface area contributed by atoms with Gasteiger partial charge >= 0.3 is 0 Å². The minimum absolute atomic E-state index is 0.0502. The summed E-state index contributed by atoms with van der Waals surface area (Å²) in [7, 11) is 0. The van der Waals surface area contributed by atoms with Gasteiger partial charge in [-0.15, -0.1) is 0 Å². The first-order chi connectivity index (χ1) is 12.2. The van der Waals surface area contributed by atoms with Crippen LogP contribution in [-0.2, 0) is 0 Å². The second-order valence-electron chi connectivity index (χ2n) is 8.35. The minimum atomic E-state index is -0.635. The van der Waals surface area contributed by atoms with Gasteiger partial charge in [-0.05, 0) is 77.1 Å². The van der Waals surface area contributed by atoms with Gasteiger partial charge in [-0.25, -0.2) is 0 Å². The van der Waals surface area contributed by atoms with Crippen LogP contribution in [0.3, 0.4) is 0 Å². The predicted molar refractivity (Wildman–Crippen MR) is 104 cm³/mol. The third-order valence-electron chi connectivity index (χ3n) is 4.88. The van der Waals surface area contributed by atoms with E-state index < -0.39 is 5.60 Å². The number of aromatic nitrogens is 1. The van der Waals surface area contributed by atoms with E-state index in [1.165, 1.54) is 0 Å². The van der Waals surface area contributed by atoms with Gasteiger partial charge in [-0.3, -0.25) is 4.79 Å². The van der Waals surface area contributed by atoms with Crippen molar-refractivity contribution in [1.82, 2.24) is 9.88 Å². The Bertz CT molecular complexity index is 765. The van der Waals surface area contributed by atoms with E-state index >= 15 is 0 Å². The van der Waals surface area contributed by atoms with Crippen molar-refractivity contribution in [2.75, 3.05) is 13.1 Å². The van der Waals surface area contributed by atoms with Gasteiger partial charge in [0.2, 0.25) is 0 Å². The number of piperidine rings is 1. The second-order valence-corrected chi connectivity index (χ2v) is 8.35. The molecule has 3 rings (SSSR count). The van der Waals surface area contributed by atoms with Crippen LogP contribution in [-0.4, -0.2) is 45.7 Å². The normalized spacial score (nSPS) is 16.5. The molecule has 142 valence electrons. The highest BCUT2D eigenvalue weighted by Gasteiger charge is 2.28. The Hall–Kier alpha value is -2.01. The predicted octanol–water partition coefficient (Wildman–Crippen LogP) is 3.97. The fourth-order valence-electron chi connectivity index (χ4n) is 3.79. The maximum absolute atomic E-state index is 12.8. The zero-order valence-electron chi connectivity index (χ0n) is 16.2. The van der Waals surface area contributed by atoms with Crippen LogP contribution in [0.2, 0.25) is 0 Å². The lowest BCUT2D eigenvalue weighted by molar-refractivity contribution is 0.0357. The number of aromatic amines is 1. The smallest absolute Gasteiger partial charge is 0.270 e. The summed E-state index contributed by atoms with van der Waals surface area (Å²) in [6.07, 6.45) is 2.81. The summed E-state index contributed by atoms with van der Waals surface area (Å²) >= 11 is 0. The Balaban J connectivity index is 1.66. The first-order valence-electron chi connectivity index (χ1n) is 9.52. The SMILES string of the molecule is CC(C)Oc1ccc2[nH]c(C(=O)N3CCC(CC(C)(C)O)CC3)cc2c1. The van der Waals surface area contributed by atoms with E-state index in [4.69, 9.17) is 4.74 Å². The number of likely N-dealkylation sites (tertiary alicyclic amines) is 1. The van der Waals surface area contributed by atoms with E-state index in [1.54, 1.807) is 0 Å². The molecule has 0 atom stereocenters. The Morgan fingerprint density at radius 3 is 2.62 bits per heavy atom. The van der Waals surface area contributed by atoms with Gasteiger partial charge < -0.3 is 19.7 Å². The van der Waals surface area contributed by atoms with E-state index in [0.717, 1.165) is 49.0 Å². The van der Waals surface area contributed by atoms with Gasteiger partial charge in [0, 0.05) is 24.0 Å². The number of fused-ring (bicyclic) bond motifs is 1. The number of aliphatic hydroxyl groups is 1. The average molecular weight is 358 g/mol. The van der Waals surface area contributed by atoms with Crippen molar-refractivity contribution in [2.45, 2.75) is 58.7 Å². The topological polar surface area (TPSA) is 65.6 Å². The van der Waals surface area contributed by atoms with Crippen molar-refractivity contribution in [2.24, 2.45) is 5.92 Å². The molecule has 5 nitrogen and oxygen atoms in total. The van der Waals surface area contributed by atoms with E-state index in [9.17, 15) is 9.90 Å². The highest BCUT2D eigenvalue weighted by atomic mass is 16.5. The summed E-state index contributed by atoms with van der Waals surface area (Å²) in [6, 6.07) is 7.76. The molecule has 0 spiro atoms. The maximum Gasteiger partial charge on any atom is 0.270 e. The Morgan fingerprint density at radius 2 is 2.00 bits per heavy atom. The lowest BCUT2D eigenvalue weighted by Gasteiger charge is -2.34. The number of amides is 1. The number of nitrogens with zero attached hydrogens (tertiary/aromatic N) is 1. The highest BCUT2D eigenvalue weighted by molar-refractivity contribution is 5.98. The number of carbonyl (C=O) groups excluding carboxylic acids is 1. The van der Waals surface area contributed by atoms with Crippen LogP contribution in [0.1, 0.15) is 57.4 Å². The van der Waals surface area contributed by atoms with Gasteiger partial charge in [0.05, 0.1) is 11.7 Å². The summed E-state index contributed by atoms with van der Waals surface area (Å²) < 4.78 is 5.73. The van der Waals surface area contributed by atoms with Gasteiger partial charge in [0.1, 0.15) is 11.4 Å². The standard InChI is InChI=1S/C21H30N2O3/c1-14(2)26-17-5-6-18-16(11-17)12-19(22-18)20(24)23-9-7-15(8-10-23)13-21(3,4)25/h5-6,11-12,14-15,22,25H,7-10,13H2,1-4H3. The zero-order valence-corrected chi connectivity index (χ0v) is 16.2. The third-order valence-corrected chi connectivity index (χ3v) is 4.88. The van der Waals surface area contributed by atoms with E-state index in [2.05, 4.69) is 4.98 Å². The zero-order chi connectivity index (χ0) is 18.9. The molecule has 0 unspecified atom stereocenters. The van der Waals surface area contributed by atoms with Crippen molar-refractivity contribution >= 4 is 16.8 Å². The highest BCUT2D eigenvalue weighted by Crippen LogP contribution is 2.28.